The van der Waals surface area contributed by atoms with Crippen molar-refractivity contribution >= 4 is 15.9 Å². The summed E-state index contributed by atoms with van der Waals surface area (Å²) in [5, 5.41) is 0. The molecule has 0 saturated heterocycles. The van der Waals surface area contributed by atoms with Gasteiger partial charge >= 0.3 is 0 Å². The van der Waals surface area contributed by atoms with Crippen molar-refractivity contribution in [1.29, 1.82) is 0 Å². The molecule has 2 N–H and O–H groups in total. The summed E-state index contributed by atoms with van der Waals surface area (Å²) in [6.07, 6.45) is 0.420. The molecular formula is C14H12BrF2NO. The Morgan fingerprint density at radius 3 is 2.32 bits per heavy atom. The first-order valence-corrected chi connectivity index (χ1v) is 6.51. The summed E-state index contributed by atoms with van der Waals surface area (Å²) in [6.45, 7) is 0.337. The minimum Gasteiger partial charge on any atom is -0.450 e. The molecule has 2 aromatic rings. The summed E-state index contributed by atoms with van der Waals surface area (Å²) in [6, 6.07) is 9.33. The summed E-state index contributed by atoms with van der Waals surface area (Å²) < 4.78 is 33.6. The van der Waals surface area contributed by atoms with Crippen LogP contribution in [-0.2, 0) is 6.42 Å². The van der Waals surface area contributed by atoms with E-state index >= 15 is 0 Å². The zero-order chi connectivity index (χ0) is 13.8. The zero-order valence-electron chi connectivity index (χ0n) is 10.00. The van der Waals surface area contributed by atoms with Crippen molar-refractivity contribution in [2.24, 2.45) is 5.73 Å². The van der Waals surface area contributed by atoms with Crippen molar-refractivity contribution < 1.29 is 13.5 Å². The third kappa shape index (κ3) is 3.30. The van der Waals surface area contributed by atoms with Gasteiger partial charge in [0, 0.05) is 0 Å². The summed E-state index contributed by atoms with van der Waals surface area (Å²) in [5.41, 5.74) is 5.87. The maximum atomic E-state index is 13.8. The van der Waals surface area contributed by atoms with Crippen LogP contribution in [0.25, 0.3) is 0 Å². The lowest BCUT2D eigenvalue weighted by molar-refractivity contribution is 0.404. The fraction of sp³-hybridized carbons (Fsp3) is 0.143. The van der Waals surface area contributed by atoms with Gasteiger partial charge in [-0.3, -0.25) is 0 Å². The molecule has 19 heavy (non-hydrogen) atoms. The second-order valence-electron chi connectivity index (χ2n) is 3.96. The highest BCUT2D eigenvalue weighted by Crippen LogP contribution is 2.33. The monoisotopic (exact) mass is 327 g/mol. The number of ether oxygens (including phenoxy) is 1. The molecule has 0 bridgehead atoms. The number of nitrogens with two attached hydrogens (primary N) is 1. The molecule has 0 radical (unpaired) electrons. The van der Waals surface area contributed by atoms with Crippen molar-refractivity contribution in [2.45, 2.75) is 6.42 Å². The van der Waals surface area contributed by atoms with Crippen LogP contribution in [0.15, 0.2) is 40.9 Å². The molecule has 0 atom stereocenters. The molecule has 5 heteroatoms. The van der Waals surface area contributed by atoms with Crippen molar-refractivity contribution in [1.82, 2.24) is 0 Å². The predicted molar refractivity (Wildman–Crippen MR) is 73.3 cm³/mol. The molecule has 0 amide bonds. The average Bonchev–Trinajstić information content (AvgIpc) is 2.36. The molecule has 2 rings (SSSR count). The van der Waals surface area contributed by atoms with Gasteiger partial charge in [0.2, 0.25) is 0 Å². The van der Waals surface area contributed by atoms with E-state index < -0.39 is 17.4 Å². The number of benzene rings is 2. The molecule has 0 saturated carbocycles. The van der Waals surface area contributed by atoms with E-state index in [1.54, 1.807) is 24.3 Å². The van der Waals surface area contributed by atoms with E-state index in [9.17, 15) is 8.78 Å². The lowest BCUT2D eigenvalue weighted by Crippen LogP contribution is -2.04. The van der Waals surface area contributed by atoms with Crippen LogP contribution in [0.5, 0.6) is 11.5 Å². The standard InChI is InChI=1S/C14H12BrF2NO/c15-10-3-1-2-4-13(10)19-14-11(16)7-9(5-6-18)8-12(14)17/h1-4,7-8H,5-6,18H2. The first-order valence-electron chi connectivity index (χ1n) is 5.72. The predicted octanol–water partition coefficient (Wildman–Crippen LogP) is 4.02. The lowest BCUT2D eigenvalue weighted by Gasteiger charge is -2.10. The highest BCUT2D eigenvalue weighted by Gasteiger charge is 2.14. The van der Waals surface area contributed by atoms with E-state index in [0.717, 1.165) is 0 Å². The smallest absolute Gasteiger partial charge is 0.198 e. The maximum Gasteiger partial charge on any atom is 0.198 e. The molecule has 0 unspecified atom stereocenters. The summed E-state index contributed by atoms with van der Waals surface area (Å²) >= 11 is 3.26. The summed E-state index contributed by atoms with van der Waals surface area (Å²) in [4.78, 5) is 0. The van der Waals surface area contributed by atoms with Gasteiger partial charge in [-0.2, -0.15) is 0 Å². The normalized spacial score (nSPS) is 10.5. The Labute approximate surface area is 118 Å². The maximum absolute atomic E-state index is 13.8. The van der Waals surface area contributed by atoms with Crippen LogP contribution in [0, 0.1) is 11.6 Å². The Balaban J connectivity index is 2.33. The van der Waals surface area contributed by atoms with Crippen molar-refractivity contribution in [3.63, 3.8) is 0 Å². The summed E-state index contributed by atoms with van der Waals surface area (Å²) in [5.74, 6) is -1.53. The van der Waals surface area contributed by atoms with Crippen LogP contribution in [0.4, 0.5) is 8.78 Å². The fourth-order valence-electron chi connectivity index (χ4n) is 1.66. The second kappa shape index (κ2) is 6.12. The van der Waals surface area contributed by atoms with Crippen molar-refractivity contribution in [3.05, 3.63) is 58.1 Å². The second-order valence-corrected chi connectivity index (χ2v) is 4.81. The van der Waals surface area contributed by atoms with Gasteiger partial charge in [0.15, 0.2) is 17.4 Å². The van der Waals surface area contributed by atoms with Crippen molar-refractivity contribution in [2.75, 3.05) is 6.54 Å². The van der Waals surface area contributed by atoms with Crippen LogP contribution in [0.3, 0.4) is 0 Å². The van der Waals surface area contributed by atoms with Crippen molar-refractivity contribution in [3.8, 4) is 11.5 Å². The van der Waals surface area contributed by atoms with Gasteiger partial charge in [-0.25, -0.2) is 8.78 Å². The van der Waals surface area contributed by atoms with Crippen LogP contribution >= 0.6 is 15.9 Å². The van der Waals surface area contributed by atoms with Gasteiger partial charge < -0.3 is 10.5 Å². The third-order valence-electron chi connectivity index (χ3n) is 2.54. The summed E-state index contributed by atoms with van der Waals surface area (Å²) in [7, 11) is 0. The minimum absolute atomic E-state index is 0.337. The Morgan fingerprint density at radius 1 is 1.11 bits per heavy atom. The molecule has 100 valence electrons. The SMILES string of the molecule is NCCc1cc(F)c(Oc2ccccc2Br)c(F)c1. The van der Waals surface area contributed by atoms with Gasteiger partial charge in [-0.15, -0.1) is 0 Å². The Morgan fingerprint density at radius 2 is 1.74 bits per heavy atom. The third-order valence-corrected chi connectivity index (χ3v) is 3.19. The molecule has 2 aromatic carbocycles. The van der Waals surface area contributed by atoms with Gasteiger partial charge in [0.05, 0.1) is 4.47 Å². The van der Waals surface area contributed by atoms with E-state index in [4.69, 9.17) is 10.5 Å². The van der Waals surface area contributed by atoms with Crippen LogP contribution in [0.1, 0.15) is 5.56 Å². The Hall–Kier alpha value is -1.46. The molecule has 0 aliphatic rings. The highest BCUT2D eigenvalue weighted by atomic mass is 79.9. The minimum atomic E-state index is -0.737. The van der Waals surface area contributed by atoms with Crippen LogP contribution in [-0.4, -0.2) is 6.54 Å². The van der Waals surface area contributed by atoms with Crippen LogP contribution in [0.2, 0.25) is 0 Å². The Kier molecular flexibility index (Phi) is 4.50. The fourth-order valence-corrected chi connectivity index (χ4v) is 2.02. The van der Waals surface area contributed by atoms with Gasteiger partial charge in [-0.1, -0.05) is 12.1 Å². The van der Waals surface area contributed by atoms with Gasteiger partial charge in [0.1, 0.15) is 5.75 Å². The Bertz CT molecular complexity index is 566. The first kappa shape index (κ1) is 14.0. The first-order chi connectivity index (χ1) is 9.11. The average molecular weight is 328 g/mol. The van der Waals surface area contributed by atoms with E-state index in [1.165, 1.54) is 12.1 Å². The molecule has 2 nitrogen and oxygen atoms in total. The van der Waals surface area contributed by atoms with Crippen LogP contribution < -0.4 is 10.5 Å². The molecule has 0 aromatic heterocycles. The molecule has 0 fully saturated rings. The van der Waals surface area contributed by atoms with E-state index in [2.05, 4.69) is 15.9 Å². The number of rotatable bonds is 4. The van der Waals surface area contributed by atoms with E-state index in [1.807, 2.05) is 0 Å². The molecule has 0 heterocycles. The molecule has 0 aliphatic heterocycles. The zero-order valence-corrected chi connectivity index (χ0v) is 11.6. The molecule has 0 aliphatic carbocycles. The van der Waals surface area contributed by atoms with E-state index in [0.29, 0.717) is 28.8 Å². The number of hydrogen-bond donors (Lipinski definition) is 1. The largest absolute Gasteiger partial charge is 0.450 e. The topological polar surface area (TPSA) is 35.2 Å². The number of hydrogen-bond acceptors (Lipinski definition) is 2. The molecular weight excluding hydrogens is 316 g/mol. The van der Waals surface area contributed by atoms with Gasteiger partial charge in [0.25, 0.3) is 0 Å². The molecule has 0 spiro atoms. The lowest BCUT2D eigenvalue weighted by atomic mass is 10.1. The van der Waals surface area contributed by atoms with Gasteiger partial charge in [-0.05, 0) is 58.7 Å². The number of halogens is 3. The quantitative estimate of drug-likeness (QED) is 0.920. The van der Waals surface area contributed by atoms with E-state index in [-0.39, 0.29) is 0 Å². The highest BCUT2D eigenvalue weighted by molar-refractivity contribution is 9.10. The number of para-hydroxylation sites is 1.